The summed E-state index contributed by atoms with van der Waals surface area (Å²) >= 11 is 11.7. The lowest BCUT2D eigenvalue weighted by atomic mass is 10.2. The van der Waals surface area contributed by atoms with Crippen LogP contribution in [-0.4, -0.2) is 29.3 Å². The summed E-state index contributed by atoms with van der Waals surface area (Å²) in [7, 11) is 0. The third-order valence-corrected chi connectivity index (χ3v) is 3.48. The molecule has 2 rings (SSSR count). The van der Waals surface area contributed by atoms with E-state index in [1.807, 2.05) is 0 Å². The fraction of sp³-hybridized carbons (Fsp3) is 0.333. The number of carbonyl (C=O) groups excluding carboxylic acids is 2. The minimum atomic E-state index is -0.715. The molecule has 1 heterocycles. The van der Waals surface area contributed by atoms with Crippen molar-refractivity contribution in [2.75, 3.05) is 11.9 Å². The Hall–Kier alpha value is -1.33. The van der Waals surface area contributed by atoms with Gasteiger partial charge in [0.25, 0.3) is 5.91 Å². The molecule has 1 aliphatic heterocycles. The summed E-state index contributed by atoms with van der Waals surface area (Å²) < 4.78 is 13.1. The monoisotopic (exact) mass is 304 g/mol. The number of hydrogen-bond donors (Lipinski definition) is 1. The Kier molecular flexibility index (Phi) is 3.96. The third kappa shape index (κ3) is 2.67. The van der Waals surface area contributed by atoms with E-state index < -0.39 is 11.9 Å². The zero-order valence-electron chi connectivity index (χ0n) is 10.0. The van der Waals surface area contributed by atoms with E-state index in [-0.39, 0.29) is 34.0 Å². The molecule has 1 saturated heterocycles. The zero-order chi connectivity index (χ0) is 14.2. The molecule has 1 N–H and O–H groups in total. The van der Waals surface area contributed by atoms with Gasteiger partial charge in [0, 0.05) is 6.54 Å². The lowest BCUT2D eigenvalue weighted by Gasteiger charge is -2.16. The van der Waals surface area contributed by atoms with Crippen LogP contribution < -0.4 is 5.32 Å². The highest BCUT2D eigenvalue weighted by atomic mass is 35.5. The number of amides is 2. The first-order valence-electron chi connectivity index (χ1n) is 5.69. The van der Waals surface area contributed by atoms with Gasteiger partial charge < -0.3 is 5.32 Å². The van der Waals surface area contributed by atoms with Crippen molar-refractivity contribution < 1.29 is 14.0 Å². The SMILES string of the molecule is CCN1C(=O)CC(Nc2c(Cl)cc(F)cc2Cl)C1=O. The van der Waals surface area contributed by atoms with E-state index in [1.165, 1.54) is 0 Å². The molecule has 4 nitrogen and oxygen atoms in total. The lowest BCUT2D eigenvalue weighted by molar-refractivity contribution is -0.138. The van der Waals surface area contributed by atoms with Crippen LogP contribution in [0, 0.1) is 5.82 Å². The quantitative estimate of drug-likeness (QED) is 0.874. The van der Waals surface area contributed by atoms with E-state index in [9.17, 15) is 14.0 Å². The van der Waals surface area contributed by atoms with Crippen LogP contribution in [0.5, 0.6) is 0 Å². The second kappa shape index (κ2) is 5.35. The Balaban J connectivity index is 2.24. The number of nitrogens with zero attached hydrogens (tertiary/aromatic N) is 1. The smallest absolute Gasteiger partial charge is 0.252 e. The van der Waals surface area contributed by atoms with Crippen molar-refractivity contribution >= 4 is 40.7 Å². The van der Waals surface area contributed by atoms with Crippen LogP contribution in [0.15, 0.2) is 12.1 Å². The number of benzene rings is 1. The van der Waals surface area contributed by atoms with Gasteiger partial charge in [-0.1, -0.05) is 23.2 Å². The average Bonchev–Trinajstić information content (AvgIpc) is 2.58. The highest BCUT2D eigenvalue weighted by molar-refractivity contribution is 6.39. The molecule has 102 valence electrons. The Bertz CT molecular complexity index is 528. The number of likely N-dealkylation sites (tertiary alicyclic amines) is 1. The molecule has 1 aromatic rings. The fourth-order valence-corrected chi connectivity index (χ4v) is 2.55. The molecule has 2 amide bonds. The van der Waals surface area contributed by atoms with Gasteiger partial charge in [0.05, 0.1) is 22.2 Å². The van der Waals surface area contributed by atoms with Crippen molar-refractivity contribution in [2.24, 2.45) is 0 Å². The first-order valence-corrected chi connectivity index (χ1v) is 6.45. The van der Waals surface area contributed by atoms with Gasteiger partial charge >= 0.3 is 0 Å². The maximum atomic E-state index is 13.1. The number of nitrogens with one attached hydrogen (secondary N) is 1. The predicted octanol–water partition coefficient (Wildman–Crippen LogP) is 2.69. The molecule has 1 atom stereocenters. The summed E-state index contributed by atoms with van der Waals surface area (Å²) in [5.74, 6) is -1.15. The maximum Gasteiger partial charge on any atom is 0.252 e. The van der Waals surface area contributed by atoms with E-state index in [0.29, 0.717) is 6.54 Å². The van der Waals surface area contributed by atoms with Gasteiger partial charge in [0.1, 0.15) is 11.9 Å². The van der Waals surface area contributed by atoms with Crippen LogP contribution in [0.4, 0.5) is 10.1 Å². The Morgan fingerprint density at radius 3 is 2.42 bits per heavy atom. The number of rotatable bonds is 3. The molecular weight excluding hydrogens is 294 g/mol. The first-order chi connectivity index (χ1) is 8.93. The van der Waals surface area contributed by atoms with Gasteiger partial charge in [-0.05, 0) is 19.1 Å². The van der Waals surface area contributed by atoms with Crippen molar-refractivity contribution in [3.05, 3.63) is 28.0 Å². The van der Waals surface area contributed by atoms with Crippen molar-refractivity contribution in [1.82, 2.24) is 4.90 Å². The first kappa shape index (κ1) is 14.1. The fourth-order valence-electron chi connectivity index (χ4n) is 1.98. The molecule has 1 unspecified atom stereocenters. The topological polar surface area (TPSA) is 49.4 Å². The largest absolute Gasteiger partial charge is 0.371 e. The second-order valence-electron chi connectivity index (χ2n) is 4.12. The van der Waals surface area contributed by atoms with E-state index in [4.69, 9.17) is 23.2 Å². The van der Waals surface area contributed by atoms with Crippen LogP contribution in [-0.2, 0) is 9.59 Å². The molecular formula is C12H11Cl2FN2O2. The normalized spacial score (nSPS) is 19.2. The Morgan fingerprint density at radius 2 is 1.95 bits per heavy atom. The molecule has 0 spiro atoms. The Labute approximate surface area is 119 Å². The number of imide groups is 1. The average molecular weight is 305 g/mol. The number of likely N-dealkylation sites (N-methyl/N-ethyl adjacent to an activating group) is 1. The second-order valence-corrected chi connectivity index (χ2v) is 4.94. The van der Waals surface area contributed by atoms with E-state index >= 15 is 0 Å². The Morgan fingerprint density at radius 1 is 1.37 bits per heavy atom. The number of carbonyl (C=O) groups is 2. The van der Waals surface area contributed by atoms with Crippen molar-refractivity contribution in [3.8, 4) is 0 Å². The summed E-state index contributed by atoms with van der Waals surface area (Å²) in [6.07, 6.45) is 0.0384. The molecule has 1 fully saturated rings. The molecule has 1 aromatic carbocycles. The van der Waals surface area contributed by atoms with Crippen LogP contribution in [0.3, 0.4) is 0 Å². The van der Waals surface area contributed by atoms with E-state index in [1.54, 1.807) is 6.92 Å². The number of halogens is 3. The summed E-state index contributed by atoms with van der Waals surface area (Å²) in [5.41, 5.74) is 0.258. The molecule has 0 saturated carbocycles. The summed E-state index contributed by atoms with van der Waals surface area (Å²) in [6.45, 7) is 2.04. The maximum absolute atomic E-state index is 13.1. The number of anilines is 1. The summed E-state index contributed by atoms with van der Waals surface area (Å²) in [5, 5.41) is 2.95. The standard InChI is InChI=1S/C12H11Cl2FN2O2/c1-2-17-10(18)5-9(12(17)19)16-11-7(13)3-6(15)4-8(11)14/h3-4,9,16H,2,5H2,1H3. The van der Waals surface area contributed by atoms with Gasteiger partial charge in [0.15, 0.2) is 0 Å². The molecule has 7 heteroatoms. The molecule has 0 bridgehead atoms. The van der Waals surface area contributed by atoms with Crippen LogP contribution in [0.2, 0.25) is 10.0 Å². The third-order valence-electron chi connectivity index (χ3n) is 2.89. The minimum Gasteiger partial charge on any atom is -0.371 e. The predicted molar refractivity (Wildman–Crippen MR) is 70.8 cm³/mol. The highest BCUT2D eigenvalue weighted by Gasteiger charge is 2.37. The zero-order valence-corrected chi connectivity index (χ0v) is 11.6. The van der Waals surface area contributed by atoms with Crippen molar-refractivity contribution in [2.45, 2.75) is 19.4 Å². The summed E-state index contributed by atoms with van der Waals surface area (Å²) in [4.78, 5) is 24.7. The van der Waals surface area contributed by atoms with Gasteiger partial charge in [0.2, 0.25) is 5.91 Å². The van der Waals surface area contributed by atoms with Crippen LogP contribution in [0.25, 0.3) is 0 Å². The van der Waals surface area contributed by atoms with Gasteiger partial charge in [-0.2, -0.15) is 0 Å². The summed E-state index contributed by atoms with van der Waals surface area (Å²) in [6, 6.07) is 1.47. The van der Waals surface area contributed by atoms with Crippen molar-refractivity contribution in [3.63, 3.8) is 0 Å². The number of hydrogen-bond acceptors (Lipinski definition) is 3. The molecule has 0 radical (unpaired) electrons. The van der Waals surface area contributed by atoms with E-state index in [0.717, 1.165) is 17.0 Å². The van der Waals surface area contributed by atoms with Gasteiger partial charge in [-0.3, -0.25) is 14.5 Å². The van der Waals surface area contributed by atoms with Gasteiger partial charge in [-0.15, -0.1) is 0 Å². The van der Waals surface area contributed by atoms with Crippen LogP contribution in [0.1, 0.15) is 13.3 Å². The highest BCUT2D eigenvalue weighted by Crippen LogP contribution is 2.33. The lowest BCUT2D eigenvalue weighted by Crippen LogP contribution is -2.34. The van der Waals surface area contributed by atoms with Crippen molar-refractivity contribution in [1.29, 1.82) is 0 Å². The minimum absolute atomic E-state index is 0.0384. The molecule has 0 aliphatic carbocycles. The molecule has 0 aromatic heterocycles. The molecule has 19 heavy (non-hydrogen) atoms. The molecule has 1 aliphatic rings. The van der Waals surface area contributed by atoms with Crippen LogP contribution >= 0.6 is 23.2 Å². The van der Waals surface area contributed by atoms with Gasteiger partial charge in [-0.25, -0.2) is 4.39 Å². The van der Waals surface area contributed by atoms with E-state index in [2.05, 4.69) is 5.32 Å².